The summed E-state index contributed by atoms with van der Waals surface area (Å²) in [6.45, 7) is 6.14. The first-order valence-corrected chi connectivity index (χ1v) is 6.12. The van der Waals surface area contributed by atoms with Crippen molar-refractivity contribution in [3.8, 4) is 0 Å². The summed E-state index contributed by atoms with van der Waals surface area (Å²) in [5.41, 5.74) is 1.14. The number of aryl methyl sites for hydroxylation is 1. The van der Waals surface area contributed by atoms with Gasteiger partial charge in [-0.3, -0.25) is 9.78 Å². The summed E-state index contributed by atoms with van der Waals surface area (Å²) in [6.07, 6.45) is 4.30. The van der Waals surface area contributed by atoms with Crippen LogP contribution in [0.3, 0.4) is 0 Å². The number of nitrogens with zero attached hydrogens (tertiary/aromatic N) is 1. The Morgan fingerprint density at radius 3 is 2.80 bits per heavy atom. The van der Waals surface area contributed by atoms with Gasteiger partial charge in [0, 0.05) is 23.7 Å². The van der Waals surface area contributed by atoms with Crippen molar-refractivity contribution in [2.24, 2.45) is 5.92 Å². The summed E-state index contributed by atoms with van der Waals surface area (Å²) >= 11 is 1.57. The van der Waals surface area contributed by atoms with Crippen molar-refractivity contribution in [3.05, 3.63) is 24.0 Å². The van der Waals surface area contributed by atoms with Crippen molar-refractivity contribution in [2.45, 2.75) is 32.1 Å². The average molecular weight is 223 g/mol. The highest BCUT2D eigenvalue weighted by molar-refractivity contribution is 8.00. The number of hydrogen-bond donors (Lipinski definition) is 0. The third-order valence-corrected chi connectivity index (χ3v) is 2.91. The molecule has 0 aliphatic heterocycles. The van der Waals surface area contributed by atoms with Gasteiger partial charge in [-0.25, -0.2) is 0 Å². The van der Waals surface area contributed by atoms with E-state index in [9.17, 15) is 4.79 Å². The highest BCUT2D eigenvalue weighted by Gasteiger charge is 2.05. The van der Waals surface area contributed by atoms with Gasteiger partial charge < -0.3 is 0 Å². The first kappa shape index (κ1) is 12.2. The molecule has 0 radical (unpaired) electrons. The maximum Gasteiger partial charge on any atom is 0.143 e. The van der Waals surface area contributed by atoms with Gasteiger partial charge in [0.1, 0.15) is 5.78 Å². The molecular weight excluding hydrogens is 206 g/mol. The normalized spacial score (nSPS) is 10.7. The Hall–Kier alpha value is -0.830. The number of ketones is 1. The molecule has 0 fully saturated rings. The molecule has 1 aromatic heterocycles. The van der Waals surface area contributed by atoms with Crippen molar-refractivity contribution in [1.29, 1.82) is 0 Å². The number of pyridine rings is 1. The molecule has 1 heterocycles. The van der Waals surface area contributed by atoms with Gasteiger partial charge in [-0.15, -0.1) is 11.8 Å². The Morgan fingerprint density at radius 1 is 1.47 bits per heavy atom. The molecule has 0 aromatic carbocycles. The van der Waals surface area contributed by atoms with Gasteiger partial charge in [0.05, 0.1) is 5.75 Å². The molecule has 0 N–H and O–H groups in total. The van der Waals surface area contributed by atoms with Crippen molar-refractivity contribution in [1.82, 2.24) is 4.98 Å². The van der Waals surface area contributed by atoms with Crippen molar-refractivity contribution in [2.75, 3.05) is 5.75 Å². The zero-order chi connectivity index (χ0) is 11.3. The molecule has 15 heavy (non-hydrogen) atoms. The van der Waals surface area contributed by atoms with Crippen molar-refractivity contribution in [3.63, 3.8) is 0 Å². The zero-order valence-electron chi connectivity index (χ0n) is 9.49. The van der Waals surface area contributed by atoms with Crippen LogP contribution in [-0.4, -0.2) is 16.5 Å². The number of hydrogen-bond acceptors (Lipinski definition) is 3. The lowest BCUT2D eigenvalue weighted by molar-refractivity contribution is -0.117. The van der Waals surface area contributed by atoms with E-state index in [2.05, 4.69) is 24.9 Å². The molecule has 1 aromatic rings. The minimum atomic E-state index is 0.316. The lowest BCUT2D eigenvalue weighted by atomic mass is 10.1. The Kier molecular flexibility index (Phi) is 4.82. The Morgan fingerprint density at radius 2 is 2.20 bits per heavy atom. The van der Waals surface area contributed by atoms with Crippen LogP contribution < -0.4 is 0 Å². The van der Waals surface area contributed by atoms with Crippen LogP contribution in [0.15, 0.2) is 23.4 Å². The van der Waals surface area contributed by atoms with Crippen molar-refractivity contribution < 1.29 is 4.79 Å². The second-order valence-corrected chi connectivity index (χ2v) is 5.17. The number of Topliss-reactive ketones (excluding diaryl/α,β-unsaturated/α-hetero) is 1. The van der Waals surface area contributed by atoms with Gasteiger partial charge in [0.2, 0.25) is 0 Å². The minimum absolute atomic E-state index is 0.316. The highest BCUT2D eigenvalue weighted by Crippen LogP contribution is 2.18. The standard InChI is InChI=1S/C12H17NOS/c1-9(2)4-11(14)8-15-12-5-10(3)6-13-7-12/h5-7,9H,4,8H2,1-3H3. The summed E-state index contributed by atoms with van der Waals surface area (Å²) in [5, 5.41) is 0. The van der Waals surface area contributed by atoms with E-state index in [4.69, 9.17) is 0 Å². The second kappa shape index (κ2) is 5.91. The molecule has 2 nitrogen and oxygen atoms in total. The maximum atomic E-state index is 11.5. The number of carbonyl (C=O) groups excluding carboxylic acids is 1. The SMILES string of the molecule is Cc1cncc(SCC(=O)CC(C)C)c1. The molecule has 0 saturated heterocycles. The van der Waals surface area contributed by atoms with Gasteiger partial charge in [-0.05, 0) is 24.5 Å². The van der Waals surface area contributed by atoms with Crippen LogP contribution in [0.1, 0.15) is 25.8 Å². The van der Waals surface area contributed by atoms with E-state index in [1.165, 1.54) is 0 Å². The van der Waals surface area contributed by atoms with E-state index < -0.39 is 0 Å². The van der Waals surface area contributed by atoms with Gasteiger partial charge >= 0.3 is 0 Å². The molecule has 82 valence electrons. The van der Waals surface area contributed by atoms with E-state index >= 15 is 0 Å². The first-order valence-electron chi connectivity index (χ1n) is 5.14. The lowest BCUT2D eigenvalue weighted by Gasteiger charge is -2.04. The maximum absolute atomic E-state index is 11.5. The number of thioether (sulfide) groups is 1. The van der Waals surface area contributed by atoms with E-state index in [0.29, 0.717) is 23.9 Å². The fourth-order valence-electron chi connectivity index (χ4n) is 1.28. The van der Waals surface area contributed by atoms with Crippen molar-refractivity contribution >= 4 is 17.5 Å². The van der Waals surface area contributed by atoms with Crippen LogP contribution in [0, 0.1) is 12.8 Å². The Labute approximate surface area is 95.5 Å². The zero-order valence-corrected chi connectivity index (χ0v) is 10.3. The van der Waals surface area contributed by atoms with Gasteiger partial charge in [0.25, 0.3) is 0 Å². The summed E-state index contributed by atoms with van der Waals surface area (Å²) in [5.74, 6) is 1.33. The molecule has 0 atom stereocenters. The van der Waals surface area contributed by atoms with E-state index in [1.807, 2.05) is 13.1 Å². The van der Waals surface area contributed by atoms with Crippen LogP contribution >= 0.6 is 11.8 Å². The molecule has 0 aliphatic carbocycles. The number of carbonyl (C=O) groups is 1. The van der Waals surface area contributed by atoms with E-state index in [0.717, 1.165) is 10.5 Å². The van der Waals surface area contributed by atoms with Gasteiger partial charge in [-0.2, -0.15) is 0 Å². The monoisotopic (exact) mass is 223 g/mol. The minimum Gasteiger partial charge on any atom is -0.299 e. The number of rotatable bonds is 5. The molecule has 0 bridgehead atoms. The van der Waals surface area contributed by atoms with Crippen LogP contribution in [-0.2, 0) is 4.79 Å². The largest absolute Gasteiger partial charge is 0.299 e. The van der Waals surface area contributed by atoms with E-state index in [1.54, 1.807) is 18.0 Å². The summed E-state index contributed by atoms with van der Waals surface area (Å²) in [6, 6.07) is 2.06. The smallest absolute Gasteiger partial charge is 0.143 e. The molecule has 0 saturated carbocycles. The van der Waals surface area contributed by atoms with Crippen LogP contribution in [0.25, 0.3) is 0 Å². The lowest BCUT2D eigenvalue weighted by Crippen LogP contribution is -2.05. The molecule has 0 spiro atoms. The van der Waals surface area contributed by atoms with Gasteiger partial charge in [0.15, 0.2) is 0 Å². The fourth-order valence-corrected chi connectivity index (χ4v) is 2.13. The second-order valence-electron chi connectivity index (χ2n) is 4.12. The fraction of sp³-hybridized carbons (Fsp3) is 0.500. The molecule has 0 amide bonds. The predicted molar refractivity (Wildman–Crippen MR) is 64.2 cm³/mol. The van der Waals surface area contributed by atoms with Crippen LogP contribution in [0.2, 0.25) is 0 Å². The third-order valence-electron chi connectivity index (χ3n) is 1.89. The third kappa shape index (κ3) is 4.98. The van der Waals surface area contributed by atoms with Crippen LogP contribution in [0.5, 0.6) is 0 Å². The summed E-state index contributed by atoms with van der Waals surface area (Å²) in [4.78, 5) is 16.6. The van der Waals surface area contributed by atoms with Gasteiger partial charge in [-0.1, -0.05) is 13.8 Å². The highest BCUT2D eigenvalue weighted by atomic mass is 32.2. The van der Waals surface area contributed by atoms with Crippen LogP contribution in [0.4, 0.5) is 0 Å². The summed E-state index contributed by atoms with van der Waals surface area (Å²) < 4.78 is 0. The molecule has 3 heteroatoms. The average Bonchev–Trinajstić information content (AvgIpc) is 2.14. The Bertz CT molecular complexity index is 336. The van der Waals surface area contributed by atoms with E-state index in [-0.39, 0.29) is 0 Å². The number of aromatic nitrogens is 1. The molecular formula is C12H17NOS. The quantitative estimate of drug-likeness (QED) is 0.718. The molecule has 0 aliphatic rings. The summed E-state index contributed by atoms with van der Waals surface area (Å²) in [7, 11) is 0. The molecule has 0 unspecified atom stereocenters. The first-order chi connectivity index (χ1) is 7.08. The topological polar surface area (TPSA) is 30.0 Å². The predicted octanol–water partition coefficient (Wildman–Crippen LogP) is 3.10. The Balaban J connectivity index is 2.40. The molecule has 1 rings (SSSR count).